The molecule has 0 aliphatic carbocycles. The van der Waals surface area contributed by atoms with Gasteiger partial charge in [-0.3, -0.25) is 9.59 Å². The monoisotopic (exact) mass is 328 g/mol. The average molecular weight is 329 g/mol. The number of carbonyl (C=O) groups is 2. The molecule has 2 N–H and O–H groups in total. The number of hydrogen-bond acceptors (Lipinski definition) is 2. The minimum Gasteiger partial charge on any atom is -0.481 e. The van der Waals surface area contributed by atoms with Crippen molar-refractivity contribution in [1.29, 1.82) is 0 Å². The quantitative estimate of drug-likeness (QED) is 0.561. The van der Waals surface area contributed by atoms with Crippen molar-refractivity contribution >= 4 is 45.1 Å². The van der Waals surface area contributed by atoms with Gasteiger partial charge in [-0.15, -0.1) is 0 Å². The molecule has 0 atom stereocenters. The maximum Gasteiger partial charge on any atom is 0.318 e. The van der Waals surface area contributed by atoms with Crippen LogP contribution in [0, 0.1) is 5.92 Å². The molecule has 0 aliphatic heterocycles. The Hall–Kier alpha value is -2.59. The van der Waals surface area contributed by atoms with Crippen molar-refractivity contribution in [1.82, 2.24) is 0 Å². The molecule has 0 amide bonds. The molecule has 0 aliphatic rings. The van der Waals surface area contributed by atoms with Crippen LogP contribution in [0.25, 0.3) is 21.5 Å². The van der Waals surface area contributed by atoms with Gasteiger partial charge in [0, 0.05) is 5.02 Å². The highest BCUT2D eigenvalue weighted by Gasteiger charge is 2.27. The van der Waals surface area contributed by atoms with Crippen LogP contribution in [0.3, 0.4) is 0 Å². The maximum atomic E-state index is 11.3. The van der Waals surface area contributed by atoms with E-state index in [2.05, 4.69) is 0 Å². The van der Waals surface area contributed by atoms with Gasteiger partial charge in [0.2, 0.25) is 0 Å². The lowest BCUT2D eigenvalue weighted by atomic mass is 9.90. The zero-order valence-corrected chi connectivity index (χ0v) is 12.7. The van der Waals surface area contributed by atoms with Gasteiger partial charge >= 0.3 is 11.9 Å². The largest absolute Gasteiger partial charge is 0.481 e. The first-order valence-electron chi connectivity index (χ1n) is 7.03. The minimum atomic E-state index is -1.50. The van der Waals surface area contributed by atoms with E-state index in [1.165, 1.54) is 0 Å². The van der Waals surface area contributed by atoms with Crippen LogP contribution in [0.15, 0.2) is 48.5 Å². The molecule has 3 aromatic carbocycles. The predicted octanol–water partition coefficient (Wildman–Crippen LogP) is 3.97. The molecule has 23 heavy (non-hydrogen) atoms. The lowest BCUT2D eigenvalue weighted by Gasteiger charge is -2.14. The van der Waals surface area contributed by atoms with Gasteiger partial charge in [0.1, 0.15) is 0 Å². The fourth-order valence-corrected chi connectivity index (χ4v) is 3.00. The molecule has 0 heterocycles. The van der Waals surface area contributed by atoms with Crippen LogP contribution < -0.4 is 0 Å². The van der Waals surface area contributed by atoms with Crippen LogP contribution in [0.2, 0.25) is 5.02 Å². The number of carboxylic acid groups (broad SMARTS) is 2. The molecule has 0 spiro atoms. The van der Waals surface area contributed by atoms with Gasteiger partial charge < -0.3 is 10.2 Å². The number of benzene rings is 3. The molecule has 0 aromatic heterocycles. The second kappa shape index (κ2) is 5.89. The molecule has 0 radical (unpaired) electrons. The summed E-state index contributed by atoms with van der Waals surface area (Å²) in [5.41, 5.74) is 0.690. The number of rotatable bonds is 4. The van der Waals surface area contributed by atoms with Crippen molar-refractivity contribution in [2.75, 3.05) is 0 Å². The first-order valence-corrected chi connectivity index (χ1v) is 7.40. The summed E-state index contributed by atoms with van der Waals surface area (Å²) < 4.78 is 0. The molecule has 116 valence electrons. The third-order valence-electron chi connectivity index (χ3n) is 3.94. The van der Waals surface area contributed by atoms with Crippen LogP contribution in [0.5, 0.6) is 0 Å². The normalized spacial score (nSPS) is 11.2. The Kier molecular flexibility index (Phi) is 3.92. The van der Waals surface area contributed by atoms with E-state index in [1.807, 2.05) is 36.4 Å². The Labute approximate surface area is 136 Å². The first-order chi connectivity index (χ1) is 11.0. The predicted molar refractivity (Wildman–Crippen MR) is 88.9 cm³/mol. The standard InChI is InChI=1S/C18H13ClO4/c19-12-6-5-11-7-10-3-1-2-4-13(10)15(14(11)8-12)9-16(17(20)21)18(22)23/h1-8,16H,9H2,(H,20,21)(H,22,23). The van der Waals surface area contributed by atoms with Crippen molar-refractivity contribution in [3.05, 3.63) is 59.1 Å². The van der Waals surface area contributed by atoms with Crippen molar-refractivity contribution < 1.29 is 19.8 Å². The van der Waals surface area contributed by atoms with Gasteiger partial charge in [0.25, 0.3) is 0 Å². The fourth-order valence-electron chi connectivity index (χ4n) is 2.83. The molecule has 3 rings (SSSR count). The van der Waals surface area contributed by atoms with Crippen LogP contribution in [-0.2, 0) is 16.0 Å². The van der Waals surface area contributed by atoms with Crippen LogP contribution >= 0.6 is 11.6 Å². The lowest BCUT2D eigenvalue weighted by Crippen LogP contribution is -2.25. The lowest BCUT2D eigenvalue weighted by molar-refractivity contribution is -0.154. The highest BCUT2D eigenvalue weighted by atomic mass is 35.5. The van der Waals surface area contributed by atoms with Crippen molar-refractivity contribution in [2.24, 2.45) is 5.92 Å². The Bertz CT molecular complexity index is 919. The summed E-state index contributed by atoms with van der Waals surface area (Å²) in [5.74, 6) is -4.19. The second-order valence-corrected chi connectivity index (χ2v) is 5.81. The van der Waals surface area contributed by atoms with E-state index in [0.717, 1.165) is 21.5 Å². The summed E-state index contributed by atoms with van der Waals surface area (Å²) in [5, 5.41) is 22.4. The molecule has 0 bridgehead atoms. The van der Waals surface area contributed by atoms with Crippen LogP contribution in [0.4, 0.5) is 0 Å². The molecule has 0 saturated heterocycles. The SMILES string of the molecule is O=C(O)C(Cc1c2ccccc2cc2ccc(Cl)cc12)C(=O)O. The number of halogens is 1. The summed E-state index contributed by atoms with van der Waals surface area (Å²) in [6.07, 6.45) is -0.0944. The third kappa shape index (κ3) is 2.85. The second-order valence-electron chi connectivity index (χ2n) is 5.37. The molecule has 4 nitrogen and oxygen atoms in total. The van der Waals surface area contributed by atoms with E-state index >= 15 is 0 Å². The number of fused-ring (bicyclic) bond motifs is 2. The third-order valence-corrected chi connectivity index (χ3v) is 4.18. The summed E-state index contributed by atoms with van der Waals surface area (Å²) in [6, 6.07) is 14.9. The summed E-state index contributed by atoms with van der Waals surface area (Å²) in [7, 11) is 0. The Morgan fingerprint density at radius 3 is 2.26 bits per heavy atom. The van der Waals surface area contributed by atoms with Crippen LogP contribution in [0.1, 0.15) is 5.56 Å². The summed E-state index contributed by atoms with van der Waals surface area (Å²) >= 11 is 6.07. The van der Waals surface area contributed by atoms with Crippen molar-refractivity contribution in [2.45, 2.75) is 6.42 Å². The highest BCUT2D eigenvalue weighted by Crippen LogP contribution is 2.32. The van der Waals surface area contributed by atoms with Gasteiger partial charge in [-0.25, -0.2) is 0 Å². The maximum absolute atomic E-state index is 11.3. The Balaban J connectivity index is 2.31. The molecule has 0 fully saturated rings. The van der Waals surface area contributed by atoms with E-state index in [-0.39, 0.29) is 6.42 Å². The van der Waals surface area contributed by atoms with E-state index in [9.17, 15) is 19.8 Å². The van der Waals surface area contributed by atoms with E-state index in [0.29, 0.717) is 10.6 Å². The smallest absolute Gasteiger partial charge is 0.318 e. The Morgan fingerprint density at radius 1 is 0.913 bits per heavy atom. The zero-order chi connectivity index (χ0) is 16.6. The van der Waals surface area contributed by atoms with Gasteiger partial charge in [-0.1, -0.05) is 41.9 Å². The Morgan fingerprint density at radius 2 is 1.57 bits per heavy atom. The van der Waals surface area contributed by atoms with Gasteiger partial charge in [-0.2, -0.15) is 0 Å². The van der Waals surface area contributed by atoms with Gasteiger partial charge in [0.15, 0.2) is 5.92 Å². The summed E-state index contributed by atoms with van der Waals surface area (Å²) in [6.45, 7) is 0. The van der Waals surface area contributed by atoms with Crippen molar-refractivity contribution in [3.63, 3.8) is 0 Å². The first kappa shape index (κ1) is 15.3. The molecule has 5 heteroatoms. The van der Waals surface area contributed by atoms with E-state index in [4.69, 9.17) is 11.6 Å². The molecule has 0 unspecified atom stereocenters. The van der Waals surface area contributed by atoms with Gasteiger partial charge in [-0.05, 0) is 51.7 Å². The molecule has 0 saturated carbocycles. The van der Waals surface area contributed by atoms with Crippen molar-refractivity contribution in [3.8, 4) is 0 Å². The highest BCUT2D eigenvalue weighted by molar-refractivity contribution is 6.31. The minimum absolute atomic E-state index is 0.0944. The molecular formula is C18H13ClO4. The topological polar surface area (TPSA) is 74.6 Å². The summed E-state index contributed by atoms with van der Waals surface area (Å²) in [4.78, 5) is 22.6. The fraction of sp³-hybridized carbons (Fsp3) is 0.111. The van der Waals surface area contributed by atoms with Crippen LogP contribution in [-0.4, -0.2) is 22.2 Å². The number of hydrogen-bond donors (Lipinski definition) is 2. The molecular weight excluding hydrogens is 316 g/mol. The number of carboxylic acids is 2. The van der Waals surface area contributed by atoms with E-state index < -0.39 is 17.9 Å². The average Bonchev–Trinajstić information content (AvgIpc) is 2.51. The molecule has 3 aromatic rings. The van der Waals surface area contributed by atoms with Gasteiger partial charge in [0.05, 0.1) is 0 Å². The number of aliphatic carboxylic acids is 2. The zero-order valence-electron chi connectivity index (χ0n) is 12.0. The van der Waals surface area contributed by atoms with E-state index in [1.54, 1.807) is 12.1 Å².